The fourth-order valence-electron chi connectivity index (χ4n) is 1.02. The van der Waals surface area contributed by atoms with Crippen LogP contribution < -0.4 is 5.32 Å². The lowest BCUT2D eigenvalue weighted by Crippen LogP contribution is -1.98. The SMILES string of the molecule is Cc1nc(CNc2ncns2)oc1C. The van der Waals surface area contributed by atoms with E-state index in [1.165, 1.54) is 17.9 Å². The van der Waals surface area contributed by atoms with Gasteiger partial charge in [0, 0.05) is 11.5 Å². The Hall–Kier alpha value is -1.43. The van der Waals surface area contributed by atoms with Gasteiger partial charge in [-0.25, -0.2) is 9.97 Å². The number of anilines is 1. The largest absolute Gasteiger partial charge is 0.444 e. The van der Waals surface area contributed by atoms with Gasteiger partial charge in [0.1, 0.15) is 12.1 Å². The molecule has 2 heterocycles. The molecular formula is C8H10N4OS. The van der Waals surface area contributed by atoms with E-state index >= 15 is 0 Å². The number of oxazole rings is 1. The van der Waals surface area contributed by atoms with E-state index < -0.39 is 0 Å². The lowest BCUT2D eigenvalue weighted by atomic mass is 10.4. The second-order valence-electron chi connectivity index (χ2n) is 2.85. The highest BCUT2D eigenvalue weighted by molar-refractivity contribution is 7.09. The van der Waals surface area contributed by atoms with Gasteiger partial charge in [0.05, 0.1) is 12.2 Å². The summed E-state index contributed by atoms with van der Waals surface area (Å²) in [7, 11) is 0. The molecule has 0 fully saturated rings. The minimum atomic E-state index is 0.546. The molecule has 2 aromatic rings. The van der Waals surface area contributed by atoms with E-state index in [1.807, 2.05) is 13.8 Å². The summed E-state index contributed by atoms with van der Waals surface area (Å²) >= 11 is 1.31. The van der Waals surface area contributed by atoms with Crippen molar-refractivity contribution in [1.82, 2.24) is 14.3 Å². The molecular weight excluding hydrogens is 200 g/mol. The topological polar surface area (TPSA) is 63.8 Å². The van der Waals surface area contributed by atoms with Crippen LogP contribution in [0.1, 0.15) is 17.3 Å². The van der Waals surface area contributed by atoms with Gasteiger partial charge in [-0.1, -0.05) is 0 Å². The van der Waals surface area contributed by atoms with Gasteiger partial charge in [-0.15, -0.1) is 0 Å². The molecule has 2 rings (SSSR count). The van der Waals surface area contributed by atoms with E-state index in [-0.39, 0.29) is 0 Å². The third-order valence-electron chi connectivity index (χ3n) is 1.82. The molecule has 0 radical (unpaired) electrons. The molecule has 5 nitrogen and oxygen atoms in total. The number of aromatic nitrogens is 3. The van der Waals surface area contributed by atoms with Gasteiger partial charge in [0.15, 0.2) is 0 Å². The Morgan fingerprint density at radius 3 is 2.93 bits per heavy atom. The molecule has 0 aromatic carbocycles. The summed E-state index contributed by atoms with van der Waals surface area (Å²) in [5.74, 6) is 1.54. The lowest BCUT2D eigenvalue weighted by Gasteiger charge is -1.95. The molecule has 6 heteroatoms. The first-order valence-corrected chi connectivity index (χ1v) is 4.96. The van der Waals surface area contributed by atoms with Gasteiger partial charge in [-0.2, -0.15) is 4.37 Å². The molecule has 14 heavy (non-hydrogen) atoms. The van der Waals surface area contributed by atoms with Crippen molar-refractivity contribution >= 4 is 16.7 Å². The fraction of sp³-hybridized carbons (Fsp3) is 0.375. The summed E-state index contributed by atoms with van der Waals surface area (Å²) < 4.78 is 9.27. The Balaban J connectivity index is 1.98. The molecule has 0 saturated carbocycles. The maximum absolute atomic E-state index is 5.40. The average molecular weight is 210 g/mol. The van der Waals surface area contributed by atoms with E-state index in [4.69, 9.17) is 4.42 Å². The molecule has 0 saturated heterocycles. The molecule has 0 aliphatic carbocycles. The normalized spacial score (nSPS) is 10.4. The number of rotatable bonds is 3. The van der Waals surface area contributed by atoms with Gasteiger partial charge < -0.3 is 9.73 Å². The molecule has 0 aliphatic heterocycles. The molecule has 74 valence electrons. The van der Waals surface area contributed by atoms with Crippen molar-refractivity contribution in [3.05, 3.63) is 23.7 Å². The molecule has 0 spiro atoms. The number of aryl methyl sites for hydroxylation is 2. The Morgan fingerprint density at radius 2 is 2.36 bits per heavy atom. The van der Waals surface area contributed by atoms with Crippen molar-refractivity contribution in [2.24, 2.45) is 0 Å². The minimum Gasteiger partial charge on any atom is -0.444 e. The predicted molar refractivity (Wildman–Crippen MR) is 53.2 cm³/mol. The highest BCUT2D eigenvalue weighted by Gasteiger charge is 2.05. The zero-order valence-corrected chi connectivity index (χ0v) is 8.76. The molecule has 0 amide bonds. The van der Waals surface area contributed by atoms with Crippen LogP contribution in [0.25, 0.3) is 0 Å². The smallest absolute Gasteiger partial charge is 0.214 e. The van der Waals surface area contributed by atoms with Gasteiger partial charge in [-0.3, -0.25) is 0 Å². The number of hydrogen-bond donors (Lipinski definition) is 1. The fourth-order valence-corrected chi connectivity index (χ4v) is 1.44. The Morgan fingerprint density at radius 1 is 1.50 bits per heavy atom. The van der Waals surface area contributed by atoms with Gasteiger partial charge in [0.25, 0.3) is 0 Å². The molecule has 1 N–H and O–H groups in total. The monoisotopic (exact) mass is 210 g/mol. The standard InChI is InChI=1S/C8H10N4OS/c1-5-6(2)13-7(12-5)3-9-8-10-4-11-14-8/h4H,3H2,1-2H3,(H,9,10,11). The van der Waals surface area contributed by atoms with Crippen LogP contribution in [-0.4, -0.2) is 14.3 Å². The van der Waals surface area contributed by atoms with Crippen molar-refractivity contribution in [3.8, 4) is 0 Å². The Bertz CT molecular complexity index is 389. The second kappa shape index (κ2) is 3.75. The first-order valence-electron chi connectivity index (χ1n) is 4.19. The van der Waals surface area contributed by atoms with Crippen LogP contribution in [0, 0.1) is 13.8 Å². The molecule has 0 bridgehead atoms. The van der Waals surface area contributed by atoms with Crippen LogP contribution in [0.2, 0.25) is 0 Å². The predicted octanol–water partition coefficient (Wildman–Crippen LogP) is 1.76. The van der Waals surface area contributed by atoms with E-state index in [0.717, 1.165) is 16.6 Å². The summed E-state index contributed by atoms with van der Waals surface area (Å²) in [6, 6.07) is 0. The van der Waals surface area contributed by atoms with Crippen LogP contribution in [0.5, 0.6) is 0 Å². The third-order valence-corrected chi connectivity index (χ3v) is 2.45. The summed E-state index contributed by atoms with van der Waals surface area (Å²) in [5.41, 5.74) is 0.930. The molecule has 0 unspecified atom stereocenters. The number of hydrogen-bond acceptors (Lipinski definition) is 6. The average Bonchev–Trinajstić information content (AvgIpc) is 2.74. The number of nitrogens with one attached hydrogen (secondary N) is 1. The van der Waals surface area contributed by atoms with E-state index in [2.05, 4.69) is 19.7 Å². The zero-order valence-electron chi connectivity index (χ0n) is 7.94. The quantitative estimate of drug-likeness (QED) is 0.836. The van der Waals surface area contributed by atoms with Crippen molar-refractivity contribution in [1.29, 1.82) is 0 Å². The summed E-state index contributed by atoms with van der Waals surface area (Å²) in [4.78, 5) is 8.22. The van der Waals surface area contributed by atoms with Crippen LogP contribution in [-0.2, 0) is 6.54 Å². The van der Waals surface area contributed by atoms with Gasteiger partial charge >= 0.3 is 0 Å². The van der Waals surface area contributed by atoms with Gasteiger partial charge in [-0.05, 0) is 13.8 Å². The second-order valence-corrected chi connectivity index (χ2v) is 3.63. The summed E-state index contributed by atoms with van der Waals surface area (Å²) in [6.07, 6.45) is 1.51. The molecule has 2 aromatic heterocycles. The molecule has 0 atom stereocenters. The zero-order chi connectivity index (χ0) is 9.97. The van der Waals surface area contributed by atoms with Crippen molar-refractivity contribution in [2.45, 2.75) is 20.4 Å². The third kappa shape index (κ3) is 1.90. The highest BCUT2D eigenvalue weighted by Crippen LogP contribution is 2.11. The first-order chi connectivity index (χ1) is 6.75. The molecule has 0 aliphatic rings. The lowest BCUT2D eigenvalue weighted by molar-refractivity contribution is 0.478. The first kappa shape index (κ1) is 9.14. The van der Waals surface area contributed by atoms with E-state index in [9.17, 15) is 0 Å². The summed E-state index contributed by atoms with van der Waals surface area (Å²) in [5, 5.41) is 3.85. The van der Waals surface area contributed by atoms with E-state index in [0.29, 0.717) is 12.4 Å². The Labute approximate surface area is 85.4 Å². The maximum Gasteiger partial charge on any atom is 0.214 e. The van der Waals surface area contributed by atoms with E-state index in [1.54, 1.807) is 0 Å². The van der Waals surface area contributed by atoms with Crippen LogP contribution in [0.15, 0.2) is 10.7 Å². The van der Waals surface area contributed by atoms with Crippen LogP contribution in [0.4, 0.5) is 5.13 Å². The summed E-state index contributed by atoms with van der Waals surface area (Å²) in [6.45, 7) is 4.37. The van der Waals surface area contributed by atoms with Crippen molar-refractivity contribution in [2.75, 3.05) is 5.32 Å². The van der Waals surface area contributed by atoms with Crippen LogP contribution >= 0.6 is 11.5 Å². The number of nitrogens with zero attached hydrogens (tertiary/aromatic N) is 3. The Kier molecular flexibility index (Phi) is 2.45. The van der Waals surface area contributed by atoms with Gasteiger partial charge in [0.2, 0.25) is 11.0 Å². The minimum absolute atomic E-state index is 0.546. The van der Waals surface area contributed by atoms with Crippen molar-refractivity contribution in [3.63, 3.8) is 0 Å². The maximum atomic E-state index is 5.40. The highest BCUT2D eigenvalue weighted by atomic mass is 32.1. The van der Waals surface area contributed by atoms with Crippen molar-refractivity contribution < 1.29 is 4.42 Å². The van der Waals surface area contributed by atoms with Crippen LogP contribution in [0.3, 0.4) is 0 Å².